The number of hydrogen-bond acceptors (Lipinski definition) is 6. The summed E-state index contributed by atoms with van der Waals surface area (Å²) in [6.07, 6.45) is -0.362. The van der Waals surface area contributed by atoms with E-state index in [2.05, 4.69) is 12.6 Å². The second-order valence-electron chi connectivity index (χ2n) is 6.23. The zero-order chi connectivity index (χ0) is 18.7. The molecule has 2 heterocycles. The summed E-state index contributed by atoms with van der Waals surface area (Å²) < 4.78 is 15.2. The average Bonchev–Trinajstić information content (AvgIpc) is 2.52. The molecule has 1 aromatic rings. The van der Waals surface area contributed by atoms with E-state index in [0.717, 1.165) is 10.8 Å². The number of aliphatic hydroxyl groups is 2. The van der Waals surface area contributed by atoms with Gasteiger partial charge in [-0.25, -0.2) is 4.79 Å². The molecule has 140 valence electrons. The fourth-order valence-electron chi connectivity index (χ4n) is 3.07. The van der Waals surface area contributed by atoms with Crippen LogP contribution in [0.4, 0.5) is 4.39 Å². The summed E-state index contributed by atoms with van der Waals surface area (Å²) in [7, 11) is 0. The minimum absolute atomic E-state index is 0.00120. The molecule has 25 heavy (non-hydrogen) atoms. The van der Waals surface area contributed by atoms with Crippen LogP contribution in [0.2, 0.25) is 0 Å². The van der Waals surface area contributed by atoms with Gasteiger partial charge >= 0.3 is 5.69 Å². The second-order valence-corrected chi connectivity index (χ2v) is 6.67. The molecule has 0 fully saturated rings. The van der Waals surface area contributed by atoms with Gasteiger partial charge in [-0.15, -0.1) is 12.6 Å². The van der Waals surface area contributed by atoms with Crippen molar-refractivity contribution in [3.05, 3.63) is 32.9 Å². The third kappa shape index (κ3) is 4.57. The van der Waals surface area contributed by atoms with Gasteiger partial charge in [-0.05, 0) is 6.42 Å². The van der Waals surface area contributed by atoms with E-state index in [9.17, 15) is 29.0 Å². The molecule has 2 bridgehead atoms. The van der Waals surface area contributed by atoms with Crippen molar-refractivity contribution in [1.29, 1.82) is 0 Å². The molecule has 0 aromatic carbocycles. The molecule has 0 saturated carbocycles. The topological polar surface area (TPSA) is 105 Å². The lowest BCUT2D eigenvalue weighted by Crippen LogP contribution is -2.53. The minimum atomic E-state index is -1.20. The number of β-amino-alcohol motifs (C(OH)–C–C–N with tert-alkyl or cyclic N) is 2. The highest BCUT2D eigenvalue weighted by atomic mass is 32.1. The van der Waals surface area contributed by atoms with Crippen LogP contribution in [0.3, 0.4) is 0 Å². The van der Waals surface area contributed by atoms with E-state index in [0.29, 0.717) is 17.4 Å². The molecule has 2 rings (SSSR count). The number of nitrogens with zero attached hydrogens (tertiary/aromatic N) is 3. The highest BCUT2D eigenvalue weighted by molar-refractivity contribution is 7.96. The maximum Gasteiger partial charge on any atom is 0.331 e. The summed E-state index contributed by atoms with van der Waals surface area (Å²) in [5.41, 5.74) is -1.93. The number of fused-ring (bicyclic) bond motifs is 2. The summed E-state index contributed by atoms with van der Waals surface area (Å²) in [5.74, 6) is -1.13. The Morgan fingerprint density at radius 3 is 2.44 bits per heavy atom. The first-order valence-corrected chi connectivity index (χ1v) is 8.52. The van der Waals surface area contributed by atoms with E-state index >= 15 is 0 Å². The van der Waals surface area contributed by atoms with Crippen molar-refractivity contribution < 1.29 is 19.4 Å². The Morgan fingerprint density at radius 2 is 1.88 bits per heavy atom. The molecule has 0 aliphatic carbocycles. The number of thiol groups is 1. The first-order chi connectivity index (χ1) is 11.7. The Kier molecular flexibility index (Phi) is 6.55. The zero-order valence-corrected chi connectivity index (χ0v) is 14.7. The van der Waals surface area contributed by atoms with Crippen LogP contribution < -0.4 is 11.2 Å². The third-order valence-electron chi connectivity index (χ3n) is 4.17. The van der Waals surface area contributed by atoms with Gasteiger partial charge in [-0.2, -0.15) is 4.39 Å². The van der Waals surface area contributed by atoms with Gasteiger partial charge in [0.25, 0.3) is 5.56 Å². The molecule has 0 spiro atoms. The van der Waals surface area contributed by atoms with Crippen LogP contribution in [-0.4, -0.2) is 60.7 Å². The molecule has 1 aliphatic heterocycles. The molecule has 0 saturated heterocycles. The van der Waals surface area contributed by atoms with Gasteiger partial charge in [-0.3, -0.25) is 23.6 Å². The van der Waals surface area contributed by atoms with Gasteiger partial charge in [0.1, 0.15) is 0 Å². The first-order valence-electron chi connectivity index (χ1n) is 8.07. The van der Waals surface area contributed by atoms with E-state index < -0.39 is 47.0 Å². The van der Waals surface area contributed by atoms with Gasteiger partial charge in [-0.1, -0.05) is 13.3 Å². The lowest BCUT2D eigenvalue weighted by atomic mass is 10.1. The van der Waals surface area contributed by atoms with Crippen molar-refractivity contribution >= 4 is 17.7 Å². The quantitative estimate of drug-likeness (QED) is 0.572. The van der Waals surface area contributed by atoms with E-state index in [1.54, 1.807) is 4.90 Å². The predicted molar refractivity (Wildman–Crippen MR) is 91.2 cm³/mol. The molecular weight excluding hydrogens is 353 g/mol. The normalized spacial score (nSPS) is 23.2. The largest absolute Gasteiger partial charge is 0.390 e. The van der Waals surface area contributed by atoms with Gasteiger partial charge in [0.2, 0.25) is 10.9 Å². The molecule has 10 heteroatoms. The van der Waals surface area contributed by atoms with Crippen LogP contribution in [0, 0.1) is 5.82 Å². The molecule has 1 aliphatic rings. The fourth-order valence-corrected chi connectivity index (χ4v) is 3.36. The van der Waals surface area contributed by atoms with Crippen molar-refractivity contribution in [1.82, 2.24) is 14.0 Å². The van der Waals surface area contributed by atoms with Crippen molar-refractivity contribution in [2.24, 2.45) is 0 Å². The van der Waals surface area contributed by atoms with Crippen molar-refractivity contribution in [2.75, 3.05) is 13.1 Å². The molecular formula is C15H22FN3O5S. The Morgan fingerprint density at radius 1 is 1.28 bits per heavy atom. The Bertz CT molecular complexity index is 750. The van der Waals surface area contributed by atoms with Gasteiger partial charge in [0.05, 0.1) is 37.5 Å². The lowest BCUT2D eigenvalue weighted by molar-refractivity contribution is -0.117. The maximum absolute atomic E-state index is 13.7. The monoisotopic (exact) mass is 375 g/mol. The van der Waals surface area contributed by atoms with E-state index in [1.807, 2.05) is 6.92 Å². The summed E-state index contributed by atoms with van der Waals surface area (Å²) in [4.78, 5) is 37.5. The number of hydrogen-bond donors (Lipinski definition) is 3. The first kappa shape index (κ1) is 19.8. The van der Waals surface area contributed by atoms with E-state index in [1.165, 1.54) is 0 Å². The molecule has 1 aromatic heterocycles. The fraction of sp³-hybridized carbons (Fsp3) is 0.667. The third-order valence-corrected chi connectivity index (χ3v) is 4.47. The summed E-state index contributed by atoms with van der Waals surface area (Å²) >= 11 is 3.88. The Balaban J connectivity index is 2.42. The maximum atomic E-state index is 13.7. The number of aliphatic hydroxyl groups excluding tert-OH is 2. The van der Waals surface area contributed by atoms with Crippen LogP contribution in [-0.2, 0) is 17.9 Å². The summed E-state index contributed by atoms with van der Waals surface area (Å²) in [5, 5.41) is 20.1. The number of carbonyl (C=O) groups is 1. The van der Waals surface area contributed by atoms with Crippen LogP contribution >= 0.6 is 12.6 Å². The molecule has 3 unspecified atom stereocenters. The SMILES string of the molecule is CCCC(C(=O)S)N1CC(O)Cn2cc(F)c(=O)n(c2=O)CC(O)C1. The average molecular weight is 375 g/mol. The minimum Gasteiger partial charge on any atom is -0.390 e. The Labute approximate surface area is 148 Å². The number of aromatic nitrogens is 2. The van der Waals surface area contributed by atoms with E-state index in [4.69, 9.17) is 0 Å². The highest BCUT2D eigenvalue weighted by Gasteiger charge is 2.29. The highest BCUT2D eigenvalue weighted by Crippen LogP contribution is 2.13. The Hall–Kier alpha value is -1.49. The smallest absolute Gasteiger partial charge is 0.331 e. The van der Waals surface area contributed by atoms with Gasteiger partial charge < -0.3 is 10.2 Å². The van der Waals surface area contributed by atoms with Crippen LogP contribution in [0.1, 0.15) is 19.8 Å². The standard InChI is InChI=1S/C15H22FN3O5S/c1-2-3-12(14(23)25)17-4-9(20)6-18-8-11(16)13(22)19(15(18)24)7-10(21)5-17/h8-10,12,20-21H,2-7H2,1H3,(H,23,25). The summed E-state index contributed by atoms with van der Waals surface area (Å²) in [6.45, 7) is 1.20. The lowest BCUT2D eigenvalue weighted by Gasteiger charge is -2.33. The summed E-state index contributed by atoms with van der Waals surface area (Å²) in [6, 6.07) is -0.611. The van der Waals surface area contributed by atoms with Crippen molar-refractivity contribution in [2.45, 2.75) is 51.1 Å². The molecule has 3 atom stereocenters. The number of halogens is 1. The zero-order valence-electron chi connectivity index (χ0n) is 13.8. The predicted octanol–water partition coefficient (Wildman–Crippen LogP) is -1.19. The van der Waals surface area contributed by atoms with Crippen molar-refractivity contribution in [3.63, 3.8) is 0 Å². The van der Waals surface area contributed by atoms with E-state index in [-0.39, 0.29) is 19.6 Å². The molecule has 2 N–H and O–H groups in total. The van der Waals surface area contributed by atoms with Gasteiger partial charge in [0.15, 0.2) is 0 Å². The van der Waals surface area contributed by atoms with Gasteiger partial charge in [0, 0.05) is 13.1 Å². The van der Waals surface area contributed by atoms with Crippen LogP contribution in [0.25, 0.3) is 0 Å². The second kappa shape index (κ2) is 8.26. The van der Waals surface area contributed by atoms with Crippen LogP contribution in [0.5, 0.6) is 0 Å². The van der Waals surface area contributed by atoms with Crippen molar-refractivity contribution in [3.8, 4) is 0 Å². The number of carbonyl (C=O) groups excluding carboxylic acids is 1. The van der Waals surface area contributed by atoms with Crippen LogP contribution in [0.15, 0.2) is 15.8 Å². The molecule has 8 nitrogen and oxygen atoms in total. The molecule has 0 radical (unpaired) electrons. The number of rotatable bonds is 4. The molecule has 0 amide bonds.